The third kappa shape index (κ3) is 3.44. The van der Waals surface area contributed by atoms with Crippen molar-refractivity contribution in [1.29, 1.82) is 0 Å². The number of nitrogens with one attached hydrogen (secondary N) is 1. The molecule has 1 heterocycles. The lowest BCUT2D eigenvalue weighted by molar-refractivity contribution is -0.138. The standard InChI is InChI=1S/C11H15N3O3/c1-12-11(16)9-6-8(4-5-13-9)14(2)7-10(15)17-3/h4-6H,7H2,1-3H3,(H,12,16). The van der Waals surface area contributed by atoms with Crippen molar-refractivity contribution in [2.75, 3.05) is 32.6 Å². The van der Waals surface area contributed by atoms with Gasteiger partial charge in [-0.25, -0.2) is 0 Å². The van der Waals surface area contributed by atoms with E-state index in [0.717, 1.165) is 5.69 Å². The van der Waals surface area contributed by atoms with Crippen LogP contribution >= 0.6 is 0 Å². The number of hydrogen-bond acceptors (Lipinski definition) is 5. The number of hydrogen-bond donors (Lipinski definition) is 1. The SMILES string of the molecule is CNC(=O)c1cc(N(C)CC(=O)OC)ccn1. The second kappa shape index (κ2) is 5.83. The Kier molecular flexibility index (Phi) is 4.45. The Morgan fingerprint density at radius 1 is 1.53 bits per heavy atom. The number of carbonyl (C=O) groups excluding carboxylic acids is 2. The normalized spacial score (nSPS) is 9.59. The molecule has 0 fully saturated rings. The summed E-state index contributed by atoms with van der Waals surface area (Å²) in [4.78, 5) is 28.1. The van der Waals surface area contributed by atoms with Gasteiger partial charge < -0.3 is 15.0 Å². The van der Waals surface area contributed by atoms with Crippen LogP contribution in [0.3, 0.4) is 0 Å². The highest BCUT2D eigenvalue weighted by atomic mass is 16.5. The number of methoxy groups -OCH3 is 1. The number of ether oxygens (including phenoxy) is 1. The molecule has 0 saturated carbocycles. The zero-order valence-electron chi connectivity index (χ0n) is 10.1. The van der Waals surface area contributed by atoms with Gasteiger partial charge in [0.1, 0.15) is 12.2 Å². The number of esters is 1. The van der Waals surface area contributed by atoms with Crippen LogP contribution in [0, 0.1) is 0 Å². The van der Waals surface area contributed by atoms with Gasteiger partial charge in [0.2, 0.25) is 0 Å². The smallest absolute Gasteiger partial charge is 0.325 e. The van der Waals surface area contributed by atoms with Gasteiger partial charge in [-0.3, -0.25) is 14.6 Å². The molecule has 0 spiro atoms. The van der Waals surface area contributed by atoms with E-state index in [1.165, 1.54) is 20.4 Å². The molecule has 6 heteroatoms. The second-order valence-corrected chi connectivity index (χ2v) is 3.41. The minimum Gasteiger partial charge on any atom is -0.468 e. The van der Waals surface area contributed by atoms with Crippen LogP contribution in [-0.2, 0) is 9.53 Å². The van der Waals surface area contributed by atoms with Crippen molar-refractivity contribution in [1.82, 2.24) is 10.3 Å². The predicted octanol–water partition coefficient (Wildman–Crippen LogP) is 0.0504. The van der Waals surface area contributed by atoms with Crippen LogP contribution in [0.5, 0.6) is 0 Å². The first-order chi connectivity index (χ1) is 8.08. The Balaban J connectivity index is 2.84. The van der Waals surface area contributed by atoms with Crippen LogP contribution < -0.4 is 10.2 Å². The lowest BCUT2D eigenvalue weighted by atomic mass is 10.3. The highest BCUT2D eigenvalue weighted by Gasteiger charge is 2.10. The van der Waals surface area contributed by atoms with Crippen molar-refractivity contribution in [3.63, 3.8) is 0 Å². The largest absolute Gasteiger partial charge is 0.468 e. The quantitative estimate of drug-likeness (QED) is 0.749. The number of amides is 1. The van der Waals surface area contributed by atoms with Crippen LogP contribution in [0.4, 0.5) is 5.69 Å². The molecule has 0 atom stereocenters. The van der Waals surface area contributed by atoms with Gasteiger partial charge in [-0.2, -0.15) is 0 Å². The molecule has 1 N–H and O–H groups in total. The highest BCUT2D eigenvalue weighted by molar-refractivity contribution is 5.93. The van der Waals surface area contributed by atoms with Gasteiger partial charge >= 0.3 is 5.97 Å². The minimum absolute atomic E-state index is 0.119. The van der Waals surface area contributed by atoms with Crippen LogP contribution in [0.15, 0.2) is 18.3 Å². The summed E-state index contributed by atoms with van der Waals surface area (Å²) in [7, 11) is 4.60. The lowest BCUT2D eigenvalue weighted by Gasteiger charge is -2.17. The van der Waals surface area contributed by atoms with Gasteiger partial charge in [-0.1, -0.05) is 0 Å². The summed E-state index contributed by atoms with van der Waals surface area (Å²) in [6, 6.07) is 3.33. The Labute approximate surface area is 99.6 Å². The molecule has 0 radical (unpaired) electrons. The van der Waals surface area contributed by atoms with E-state index in [1.807, 2.05) is 0 Å². The van der Waals surface area contributed by atoms with Gasteiger partial charge in [0.25, 0.3) is 5.91 Å². The molecule has 1 rings (SSSR count). The molecule has 1 amide bonds. The Hall–Kier alpha value is -2.11. The van der Waals surface area contributed by atoms with Crippen molar-refractivity contribution in [2.45, 2.75) is 0 Å². The van der Waals surface area contributed by atoms with E-state index in [4.69, 9.17) is 0 Å². The van der Waals surface area contributed by atoms with Gasteiger partial charge in [0.05, 0.1) is 7.11 Å². The van der Waals surface area contributed by atoms with E-state index in [9.17, 15) is 9.59 Å². The predicted molar refractivity (Wildman–Crippen MR) is 62.9 cm³/mol. The number of anilines is 1. The number of likely N-dealkylation sites (N-methyl/N-ethyl adjacent to an activating group) is 1. The van der Waals surface area contributed by atoms with Crippen LogP contribution in [0.25, 0.3) is 0 Å². The summed E-state index contributed by atoms with van der Waals surface area (Å²) in [5.74, 6) is -0.607. The van der Waals surface area contributed by atoms with Crippen LogP contribution in [0.1, 0.15) is 10.5 Å². The molecule has 0 aliphatic rings. The number of carbonyl (C=O) groups is 2. The van der Waals surface area contributed by atoms with Crippen molar-refractivity contribution >= 4 is 17.6 Å². The van der Waals surface area contributed by atoms with E-state index in [-0.39, 0.29) is 18.4 Å². The summed E-state index contributed by atoms with van der Waals surface area (Å²) in [6.07, 6.45) is 1.52. The van der Waals surface area contributed by atoms with E-state index in [2.05, 4.69) is 15.0 Å². The third-order valence-corrected chi connectivity index (χ3v) is 2.24. The fourth-order valence-electron chi connectivity index (χ4n) is 1.26. The van der Waals surface area contributed by atoms with Gasteiger partial charge in [-0.05, 0) is 12.1 Å². The van der Waals surface area contributed by atoms with Gasteiger partial charge in [0.15, 0.2) is 0 Å². The molecule has 0 saturated heterocycles. The summed E-state index contributed by atoms with van der Waals surface area (Å²) in [5.41, 5.74) is 1.03. The number of rotatable bonds is 4. The lowest BCUT2D eigenvalue weighted by Crippen LogP contribution is -2.27. The van der Waals surface area contributed by atoms with Crippen LogP contribution in [0.2, 0.25) is 0 Å². The minimum atomic E-state index is -0.342. The van der Waals surface area contributed by atoms with Gasteiger partial charge in [0, 0.05) is 26.0 Å². The first-order valence-corrected chi connectivity index (χ1v) is 5.04. The summed E-state index contributed by atoms with van der Waals surface area (Å²) in [5, 5.41) is 2.49. The first kappa shape index (κ1) is 13.0. The van der Waals surface area contributed by atoms with Crippen molar-refractivity contribution < 1.29 is 14.3 Å². The zero-order chi connectivity index (χ0) is 12.8. The molecule has 0 aliphatic carbocycles. The maximum atomic E-state index is 11.4. The Morgan fingerprint density at radius 2 is 2.24 bits per heavy atom. The Bertz CT molecular complexity index is 420. The molecule has 0 aromatic carbocycles. The van der Waals surface area contributed by atoms with E-state index in [1.54, 1.807) is 24.1 Å². The average molecular weight is 237 g/mol. The highest BCUT2D eigenvalue weighted by Crippen LogP contribution is 2.12. The molecular formula is C11H15N3O3. The number of pyridine rings is 1. The van der Waals surface area contributed by atoms with E-state index >= 15 is 0 Å². The summed E-state index contributed by atoms with van der Waals surface area (Å²) in [6.45, 7) is 0.119. The molecular weight excluding hydrogens is 222 g/mol. The van der Waals surface area contributed by atoms with E-state index in [0.29, 0.717) is 5.69 Å². The molecule has 0 bridgehead atoms. The second-order valence-electron chi connectivity index (χ2n) is 3.41. The Morgan fingerprint density at radius 3 is 2.82 bits per heavy atom. The molecule has 0 unspecified atom stereocenters. The topological polar surface area (TPSA) is 71.5 Å². The maximum absolute atomic E-state index is 11.4. The molecule has 1 aromatic rings. The first-order valence-electron chi connectivity index (χ1n) is 5.04. The fourth-order valence-corrected chi connectivity index (χ4v) is 1.26. The molecule has 6 nitrogen and oxygen atoms in total. The average Bonchev–Trinajstić information content (AvgIpc) is 2.37. The maximum Gasteiger partial charge on any atom is 0.325 e. The number of aromatic nitrogens is 1. The zero-order valence-corrected chi connectivity index (χ0v) is 10.1. The van der Waals surface area contributed by atoms with Crippen molar-refractivity contribution in [3.05, 3.63) is 24.0 Å². The number of nitrogens with zero attached hydrogens (tertiary/aromatic N) is 2. The fraction of sp³-hybridized carbons (Fsp3) is 0.364. The van der Waals surface area contributed by atoms with E-state index < -0.39 is 0 Å². The van der Waals surface area contributed by atoms with Crippen LogP contribution in [-0.4, -0.2) is 44.6 Å². The monoisotopic (exact) mass is 237 g/mol. The van der Waals surface area contributed by atoms with Gasteiger partial charge in [-0.15, -0.1) is 0 Å². The molecule has 92 valence electrons. The summed E-state index contributed by atoms with van der Waals surface area (Å²) >= 11 is 0. The van der Waals surface area contributed by atoms with Crippen molar-refractivity contribution in [3.8, 4) is 0 Å². The molecule has 0 aliphatic heterocycles. The van der Waals surface area contributed by atoms with Crippen molar-refractivity contribution in [2.24, 2.45) is 0 Å². The molecule has 17 heavy (non-hydrogen) atoms. The third-order valence-electron chi connectivity index (χ3n) is 2.24. The summed E-state index contributed by atoms with van der Waals surface area (Å²) < 4.78 is 4.57. The molecule has 1 aromatic heterocycles.